The molecular formula is C32H46N2O4S. The highest BCUT2D eigenvalue weighted by molar-refractivity contribution is 7.85. The van der Waals surface area contributed by atoms with Gasteiger partial charge < -0.3 is 9.80 Å². The number of hydrogen-bond donors (Lipinski definition) is 1. The lowest BCUT2D eigenvalue weighted by molar-refractivity contribution is -0.131. The van der Waals surface area contributed by atoms with E-state index in [1.54, 1.807) is 0 Å². The standard InChI is InChI=1S/C32H46N2O4S/c1-2-3-4-5-6-7-8-16-32(35)34-25-23-33(24-26-34)31-21-18-28(19-22-31)17-20-30-14-10-9-13-29(30)15-11-12-27-39(36,37)38/h9-10,13-14,17-22H,2-8,11-12,15-16,23-27H2,1H3,(H,36,37,38)/b20-17+. The third-order valence-corrected chi connectivity index (χ3v) is 8.30. The fourth-order valence-electron chi connectivity index (χ4n) is 5.11. The number of anilines is 1. The number of amides is 1. The predicted molar refractivity (Wildman–Crippen MR) is 163 cm³/mol. The first-order valence-corrected chi connectivity index (χ1v) is 16.3. The summed E-state index contributed by atoms with van der Waals surface area (Å²) in [6.07, 6.45) is 15.4. The number of aryl methyl sites for hydroxylation is 1. The van der Waals surface area contributed by atoms with E-state index in [9.17, 15) is 13.2 Å². The van der Waals surface area contributed by atoms with E-state index < -0.39 is 10.1 Å². The van der Waals surface area contributed by atoms with Gasteiger partial charge >= 0.3 is 0 Å². The molecule has 7 heteroatoms. The highest BCUT2D eigenvalue weighted by Crippen LogP contribution is 2.21. The molecule has 1 aliphatic heterocycles. The van der Waals surface area contributed by atoms with E-state index in [1.165, 1.54) is 49.8 Å². The van der Waals surface area contributed by atoms with E-state index in [4.69, 9.17) is 4.55 Å². The first kappa shape index (κ1) is 30.9. The maximum Gasteiger partial charge on any atom is 0.264 e. The highest BCUT2D eigenvalue weighted by Gasteiger charge is 2.20. The topological polar surface area (TPSA) is 77.9 Å². The summed E-state index contributed by atoms with van der Waals surface area (Å²) in [5.74, 6) is 0.115. The average molecular weight is 555 g/mol. The van der Waals surface area contributed by atoms with Crippen molar-refractivity contribution < 1.29 is 17.8 Å². The van der Waals surface area contributed by atoms with Gasteiger partial charge in [-0.05, 0) is 54.5 Å². The first-order valence-electron chi connectivity index (χ1n) is 14.7. The van der Waals surface area contributed by atoms with Crippen LogP contribution in [0.3, 0.4) is 0 Å². The molecule has 39 heavy (non-hydrogen) atoms. The Hall–Kier alpha value is -2.64. The SMILES string of the molecule is CCCCCCCCCC(=O)N1CCN(c2ccc(/C=C/c3ccccc3CCCCS(=O)(=O)O)cc2)CC1. The molecule has 0 aromatic heterocycles. The lowest BCUT2D eigenvalue weighted by atomic mass is 10.0. The molecule has 1 aliphatic rings. The molecule has 1 saturated heterocycles. The Morgan fingerprint density at radius 2 is 1.49 bits per heavy atom. The second-order valence-electron chi connectivity index (χ2n) is 10.6. The van der Waals surface area contributed by atoms with E-state index >= 15 is 0 Å². The van der Waals surface area contributed by atoms with E-state index in [2.05, 4.69) is 60.4 Å². The fraction of sp³-hybridized carbons (Fsp3) is 0.531. The second-order valence-corrected chi connectivity index (χ2v) is 12.2. The van der Waals surface area contributed by atoms with Gasteiger partial charge in [0, 0.05) is 38.3 Å². The highest BCUT2D eigenvalue weighted by atomic mass is 32.2. The molecule has 0 spiro atoms. The Morgan fingerprint density at radius 3 is 2.18 bits per heavy atom. The summed E-state index contributed by atoms with van der Waals surface area (Å²) in [6.45, 7) is 5.54. The number of unbranched alkanes of at least 4 members (excludes halogenated alkanes) is 7. The van der Waals surface area contributed by atoms with Crippen LogP contribution in [0.4, 0.5) is 5.69 Å². The van der Waals surface area contributed by atoms with E-state index in [1.807, 2.05) is 17.0 Å². The predicted octanol–water partition coefficient (Wildman–Crippen LogP) is 6.86. The number of hydrogen-bond acceptors (Lipinski definition) is 4. The molecule has 0 atom stereocenters. The number of nitrogens with zero attached hydrogens (tertiary/aromatic N) is 2. The zero-order valence-electron chi connectivity index (χ0n) is 23.6. The van der Waals surface area contributed by atoms with Gasteiger partial charge in [-0.1, -0.05) is 94.0 Å². The molecule has 1 fully saturated rings. The second kappa shape index (κ2) is 16.5. The number of benzene rings is 2. The van der Waals surface area contributed by atoms with Crippen molar-refractivity contribution in [1.29, 1.82) is 0 Å². The molecule has 1 N–H and O–H groups in total. The van der Waals surface area contributed by atoms with Crippen molar-refractivity contribution >= 4 is 33.9 Å². The van der Waals surface area contributed by atoms with E-state index in [-0.39, 0.29) is 5.75 Å². The van der Waals surface area contributed by atoms with Crippen molar-refractivity contribution in [2.24, 2.45) is 0 Å². The maximum absolute atomic E-state index is 12.6. The Kier molecular flexibility index (Phi) is 13.0. The summed E-state index contributed by atoms with van der Waals surface area (Å²) in [7, 11) is -3.90. The monoisotopic (exact) mass is 554 g/mol. The van der Waals surface area contributed by atoms with E-state index in [0.717, 1.165) is 50.1 Å². The molecule has 0 unspecified atom stereocenters. The van der Waals surface area contributed by atoms with Gasteiger partial charge in [-0.25, -0.2) is 0 Å². The zero-order chi connectivity index (χ0) is 27.9. The molecule has 2 aromatic carbocycles. The minimum absolute atomic E-state index is 0.192. The van der Waals surface area contributed by atoms with Gasteiger partial charge in [-0.3, -0.25) is 9.35 Å². The lowest BCUT2D eigenvalue weighted by Crippen LogP contribution is -2.48. The van der Waals surface area contributed by atoms with Gasteiger partial charge in [0.2, 0.25) is 5.91 Å². The summed E-state index contributed by atoms with van der Waals surface area (Å²) in [5.41, 5.74) is 4.58. The van der Waals surface area contributed by atoms with Crippen LogP contribution in [0, 0.1) is 0 Å². The normalized spacial score (nSPS) is 14.3. The van der Waals surface area contributed by atoms with Crippen LogP contribution >= 0.6 is 0 Å². The third kappa shape index (κ3) is 11.6. The summed E-state index contributed by atoms with van der Waals surface area (Å²) in [6, 6.07) is 16.7. The molecule has 0 aliphatic carbocycles. The van der Waals surface area contributed by atoms with Crippen LogP contribution in [0.2, 0.25) is 0 Å². The van der Waals surface area contributed by atoms with Gasteiger partial charge in [0.05, 0.1) is 5.75 Å². The molecule has 2 aromatic rings. The maximum atomic E-state index is 12.6. The van der Waals surface area contributed by atoms with Crippen LogP contribution in [0.25, 0.3) is 12.2 Å². The first-order chi connectivity index (χ1) is 18.9. The molecule has 0 saturated carbocycles. The Morgan fingerprint density at radius 1 is 0.821 bits per heavy atom. The molecule has 0 bridgehead atoms. The quantitative estimate of drug-likeness (QED) is 0.139. The van der Waals surface area contributed by atoms with Crippen LogP contribution in [0.5, 0.6) is 0 Å². The van der Waals surface area contributed by atoms with Gasteiger partial charge in [0.25, 0.3) is 10.1 Å². The third-order valence-electron chi connectivity index (χ3n) is 7.49. The van der Waals surface area contributed by atoms with Crippen molar-refractivity contribution in [1.82, 2.24) is 4.90 Å². The zero-order valence-corrected chi connectivity index (χ0v) is 24.4. The Balaban J connectivity index is 1.42. The summed E-state index contributed by atoms with van der Waals surface area (Å²) >= 11 is 0. The van der Waals surface area contributed by atoms with Crippen LogP contribution in [0.1, 0.15) is 87.8 Å². The molecule has 214 valence electrons. The van der Waals surface area contributed by atoms with Crippen molar-refractivity contribution in [3.05, 3.63) is 65.2 Å². The summed E-state index contributed by atoms with van der Waals surface area (Å²) in [4.78, 5) is 17.0. The molecule has 0 radical (unpaired) electrons. The Labute approximate surface area is 235 Å². The van der Waals surface area contributed by atoms with Crippen molar-refractivity contribution in [3.63, 3.8) is 0 Å². The van der Waals surface area contributed by atoms with E-state index in [0.29, 0.717) is 25.2 Å². The smallest absolute Gasteiger partial charge is 0.264 e. The van der Waals surface area contributed by atoms with Crippen LogP contribution in [0.15, 0.2) is 48.5 Å². The fourth-order valence-corrected chi connectivity index (χ4v) is 5.68. The van der Waals surface area contributed by atoms with Crippen LogP contribution in [-0.2, 0) is 21.3 Å². The summed E-state index contributed by atoms with van der Waals surface area (Å²) < 4.78 is 30.8. The molecule has 6 nitrogen and oxygen atoms in total. The van der Waals surface area contributed by atoms with Crippen LogP contribution < -0.4 is 4.90 Å². The number of carbonyl (C=O) groups is 1. The van der Waals surface area contributed by atoms with Crippen molar-refractivity contribution in [3.8, 4) is 0 Å². The molecule has 1 amide bonds. The van der Waals surface area contributed by atoms with Gasteiger partial charge in [-0.15, -0.1) is 0 Å². The molecule has 1 heterocycles. The number of carbonyl (C=O) groups excluding carboxylic acids is 1. The Bertz CT molecular complexity index is 1140. The number of piperazine rings is 1. The largest absolute Gasteiger partial charge is 0.368 e. The van der Waals surface area contributed by atoms with Crippen LogP contribution in [-0.4, -0.2) is 55.7 Å². The van der Waals surface area contributed by atoms with Crippen molar-refractivity contribution in [2.45, 2.75) is 77.6 Å². The van der Waals surface area contributed by atoms with Gasteiger partial charge in [0.15, 0.2) is 0 Å². The molecular weight excluding hydrogens is 508 g/mol. The minimum Gasteiger partial charge on any atom is -0.368 e. The van der Waals surface area contributed by atoms with Gasteiger partial charge in [-0.2, -0.15) is 8.42 Å². The van der Waals surface area contributed by atoms with Crippen molar-refractivity contribution in [2.75, 3.05) is 36.8 Å². The van der Waals surface area contributed by atoms with Gasteiger partial charge in [0.1, 0.15) is 0 Å². The number of rotatable bonds is 16. The lowest BCUT2D eigenvalue weighted by Gasteiger charge is -2.36. The minimum atomic E-state index is -3.90. The summed E-state index contributed by atoms with van der Waals surface area (Å²) in [5, 5.41) is 0. The molecule has 3 rings (SSSR count). The average Bonchev–Trinajstić information content (AvgIpc) is 2.94.